The largest absolute Gasteiger partial charge is 0.358 e. The van der Waals surface area contributed by atoms with Gasteiger partial charge in [0.1, 0.15) is 0 Å². The average molecular weight is 328 g/mol. The van der Waals surface area contributed by atoms with Crippen LogP contribution in [0.25, 0.3) is 10.9 Å². The summed E-state index contributed by atoms with van der Waals surface area (Å²) in [4.78, 5) is 3.39. The molecule has 114 valence electrons. The van der Waals surface area contributed by atoms with Crippen LogP contribution in [0.4, 0.5) is 0 Å². The molecule has 0 bridgehead atoms. The van der Waals surface area contributed by atoms with Gasteiger partial charge >= 0.3 is 0 Å². The molecule has 0 saturated carbocycles. The van der Waals surface area contributed by atoms with E-state index in [1.807, 2.05) is 18.2 Å². The smallest absolute Gasteiger partial charge is 0.279 e. The first-order valence-electron chi connectivity index (χ1n) is 6.85. The summed E-state index contributed by atoms with van der Waals surface area (Å²) < 4.78 is 27.9. The minimum absolute atomic E-state index is 0.0698. The van der Waals surface area contributed by atoms with Crippen LogP contribution in [0.1, 0.15) is 17.7 Å². The van der Waals surface area contributed by atoms with Crippen LogP contribution in [0.5, 0.6) is 0 Å². The Morgan fingerprint density at radius 3 is 2.86 bits per heavy atom. The molecule has 0 aliphatic heterocycles. The fourth-order valence-electron chi connectivity index (χ4n) is 2.81. The van der Waals surface area contributed by atoms with Crippen molar-refractivity contribution in [2.45, 2.75) is 25.3 Å². The van der Waals surface area contributed by atoms with Crippen LogP contribution in [-0.2, 0) is 23.1 Å². The molecule has 1 aliphatic carbocycles. The summed E-state index contributed by atoms with van der Waals surface area (Å²) in [5.41, 5.74) is 3.40. The summed E-state index contributed by atoms with van der Waals surface area (Å²) in [5.74, 6) is 0. The van der Waals surface area contributed by atoms with Crippen LogP contribution in [0.2, 0.25) is 5.02 Å². The molecule has 1 heterocycles. The van der Waals surface area contributed by atoms with Crippen LogP contribution < -0.4 is 4.72 Å². The number of hydrogen-bond acceptors (Lipinski definition) is 2. The lowest BCUT2D eigenvalue weighted by Crippen LogP contribution is -2.44. The number of fused-ring (bicyclic) bond motifs is 3. The van der Waals surface area contributed by atoms with Crippen molar-refractivity contribution in [1.82, 2.24) is 14.0 Å². The minimum Gasteiger partial charge on any atom is -0.358 e. The number of halogens is 1. The van der Waals surface area contributed by atoms with Crippen molar-refractivity contribution in [1.29, 1.82) is 0 Å². The maximum atomic E-state index is 11.9. The van der Waals surface area contributed by atoms with Crippen molar-refractivity contribution in [3.05, 3.63) is 34.5 Å². The lowest BCUT2D eigenvalue weighted by atomic mass is 9.92. The molecule has 2 N–H and O–H groups in total. The van der Waals surface area contributed by atoms with E-state index in [2.05, 4.69) is 9.71 Å². The third-order valence-electron chi connectivity index (χ3n) is 3.95. The van der Waals surface area contributed by atoms with Gasteiger partial charge in [-0.15, -0.1) is 0 Å². The molecule has 7 heteroatoms. The zero-order valence-corrected chi connectivity index (χ0v) is 13.6. The molecule has 0 saturated heterocycles. The second-order valence-electron chi connectivity index (χ2n) is 5.62. The Morgan fingerprint density at radius 1 is 1.38 bits per heavy atom. The molecule has 1 aliphatic rings. The second-order valence-corrected chi connectivity index (χ2v) is 7.97. The quantitative estimate of drug-likeness (QED) is 0.906. The maximum Gasteiger partial charge on any atom is 0.279 e. The maximum absolute atomic E-state index is 11.9. The van der Waals surface area contributed by atoms with Crippen molar-refractivity contribution < 1.29 is 8.42 Å². The number of H-pyrrole nitrogens is 1. The first-order valence-corrected chi connectivity index (χ1v) is 8.67. The summed E-state index contributed by atoms with van der Waals surface area (Å²) in [7, 11) is -0.327. The molecule has 1 unspecified atom stereocenters. The van der Waals surface area contributed by atoms with Gasteiger partial charge in [0, 0.05) is 41.8 Å². The molecule has 21 heavy (non-hydrogen) atoms. The molecule has 1 aromatic heterocycles. The molecule has 0 spiro atoms. The Balaban J connectivity index is 1.90. The summed E-state index contributed by atoms with van der Waals surface area (Å²) in [6.07, 6.45) is 2.33. The van der Waals surface area contributed by atoms with Gasteiger partial charge in [0.2, 0.25) is 0 Å². The Kier molecular flexibility index (Phi) is 3.73. The van der Waals surface area contributed by atoms with Crippen molar-refractivity contribution in [3.63, 3.8) is 0 Å². The molecule has 3 rings (SSSR count). The Bertz CT molecular complexity index is 783. The van der Waals surface area contributed by atoms with Gasteiger partial charge in [0.25, 0.3) is 10.2 Å². The Hall–Kier alpha value is -1.08. The Morgan fingerprint density at radius 2 is 2.14 bits per heavy atom. The normalized spacial score (nSPS) is 19.1. The number of nitrogens with zero attached hydrogens (tertiary/aromatic N) is 1. The number of rotatable bonds is 3. The number of nitrogens with one attached hydrogen (secondary N) is 2. The van der Waals surface area contributed by atoms with E-state index in [1.54, 1.807) is 0 Å². The van der Waals surface area contributed by atoms with Crippen molar-refractivity contribution in [3.8, 4) is 0 Å². The lowest BCUT2D eigenvalue weighted by Gasteiger charge is -2.25. The molecule has 1 atom stereocenters. The van der Waals surface area contributed by atoms with E-state index < -0.39 is 10.2 Å². The minimum atomic E-state index is -3.39. The number of aromatic nitrogens is 1. The van der Waals surface area contributed by atoms with Gasteiger partial charge in [0.05, 0.1) is 0 Å². The molecule has 2 aromatic rings. The van der Waals surface area contributed by atoms with Gasteiger partial charge in [-0.05, 0) is 37.0 Å². The van der Waals surface area contributed by atoms with Gasteiger partial charge in [-0.1, -0.05) is 17.7 Å². The van der Waals surface area contributed by atoms with Crippen LogP contribution in [-0.4, -0.2) is 37.8 Å². The lowest BCUT2D eigenvalue weighted by molar-refractivity contribution is 0.465. The highest BCUT2D eigenvalue weighted by atomic mass is 35.5. The molecular formula is C14H18ClN3O2S. The summed E-state index contributed by atoms with van der Waals surface area (Å²) in [6, 6.07) is 5.70. The van der Waals surface area contributed by atoms with Crippen LogP contribution >= 0.6 is 11.6 Å². The standard InChI is InChI=1S/C14H18ClN3O2S/c1-18(2)21(19,20)17-10-4-6-13-12(8-10)11-5-3-9(15)7-14(11)16-13/h3,5,7,10,16-17H,4,6,8H2,1-2H3. The van der Waals surface area contributed by atoms with Gasteiger partial charge in [-0.25, -0.2) is 0 Å². The van der Waals surface area contributed by atoms with E-state index in [4.69, 9.17) is 11.6 Å². The summed E-state index contributed by atoms with van der Waals surface area (Å²) in [5, 5.41) is 1.83. The van der Waals surface area contributed by atoms with Crippen LogP contribution in [0.3, 0.4) is 0 Å². The zero-order valence-electron chi connectivity index (χ0n) is 12.0. The Labute approximate surface area is 129 Å². The van der Waals surface area contributed by atoms with Crippen molar-refractivity contribution in [2.75, 3.05) is 14.1 Å². The number of benzene rings is 1. The third-order valence-corrected chi connectivity index (χ3v) is 5.77. The van der Waals surface area contributed by atoms with Crippen LogP contribution in [0, 0.1) is 0 Å². The highest BCUT2D eigenvalue weighted by molar-refractivity contribution is 7.87. The van der Waals surface area contributed by atoms with Crippen LogP contribution in [0.15, 0.2) is 18.2 Å². The molecule has 0 amide bonds. The molecule has 0 fully saturated rings. The van der Waals surface area contributed by atoms with Gasteiger partial charge in [-0.3, -0.25) is 0 Å². The third kappa shape index (κ3) is 2.81. The topological polar surface area (TPSA) is 65.2 Å². The zero-order chi connectivity index (χ0) is 15.2. The molecule has 5 nitrogen and oxygen atoms in total. The van der Waals surface area contributed by atoms with Gasteiger partial charge < -0.3 is 4.98 Å². The van der Waals surface area contributed by atoms with E-state index in [-0.39, 0.29) is 6.04 Å². The predicted octanol–water partition coefficient (Wildman–Crippen LogP) is 2.07. The monoisotopic (exact) mass is 327 g/mol. The van der Waals surface area contributed by atoms with E-state index in [0.29, 0.717) is 11.4 Å². The van der Waals surface area contributed by atoms with E-state index >= 15 is 0 Å². The fraction of sp³-hybridized carbons (Fsp3) is 0.429. The second kappa shape index (κ2) is 5.28. The number of aryl methyl sites for hydroxylation is 1. The summed E-state index contributed by atoms with van der Waals surface area (Å²) in [6.45, 7) is 0. The first kappa shape index (κ1) is 14.8. The predicted molar refractivity (Wildman–Crippen MR) is 84.9 cm³/mol. The van der Waals surface area contributed by atoms with E-state index in [1.165, 1.54) is 29.7 Å². The number of aromatic amines is 1. The van der Waals surface area contributed by atoms with E-state index in [0.717, 1.165) is 23.7 Å². The highest BCUT2D eigenvalue weighted by Gasteiger charge is 2.26. The SMILES string of the molecule is CN(C)S(=O)(=O)NC1CCc2[nH]c3cc(Cl)ccc3c2C1. The molecule has 0 radical (unpaired) electrons. The van der Waals surface area contributed by atoms with E-state index in [9.17, 15) is 8.42 Å². The number of hydrogen-bond donors (Lipinski definition) is 2. The molecular weight excluding hydrogens is 310 g/mol. The first-order chi connectivity index (χ1) is 9.87. The van der Waals surface area contributed by atoms with Gasteiger partial charge in [-0.2, -0.15) is 17.4 Å². The van der Waals surface area contributed by atoms with Gasteiger partial charge in [0.15, 0.2) is 0 Å². The highest BCUT2D eigenvalue weighted by Crippen LogP contribution is 2.30. The average Bonchev–Trinajstić information content (AvgIpc) is 2.74. The summed E-state index contributed by atoms with van der Waals surface area (Å²) >= 11 is 6.02. The fourth-order valence-corrected chi connectivity index (χ4v) is 3.82. The molecule has 1 aromatic carbocycles. The van der Waals surface area contributed by atoms with Crippen molar-refractivity contribution in [2.24, 2.45) is 0 Å². The van der Waals surface area contributed by atoms with Crippen molar-refractivity contribution >= 4 is 32.7 Å².